The number of carboxylic acids is 1. The predicted octanol–water partition coefficient (Wildman–Crippen LogP) is -0.405. The SMILES string of the molecule is O=C(O)C1CN(S(=O)(=O)N(c2ccccc2)C2CNC2)CC1CCCB(O)O. The lowest BCUT2D eigenvalue weighted by atomic mass is 9.80. The minimum Gasteiger partial charge on any atom is -0.481 e. The van der Waals surface area contributed by atoms with Crippen molar-refractivity contribution in [3.8, 4) is 0 Å². The summed E-state index contributed by atoms with van der Waals surface area (Å²) in [5.41, 5.74) is 0.563. The molecule has 9 nitrogen and oxygen atoms in total. The van der Waals surface area contributed by atoms with E-state index in [-0.39, 0.29) is 31.4 Å². The Morgan fingerprint density at radius 3 is 2.43 bits per heavy atom. The van der Waals surface area contributed by atoms with Gasteiger partial charge in [0.2, 0.25) is 0 Å². The maximum absolute atomic E-state index is 13.4. The molecule has 1 aromatic carbocycles. The van der Waals surface area contributed by atoms with Gasteiger partial charge < -0.3 is 20.5 Å². The van der Waals surface area contributed by atoms with Gasteiger partial charge in [-0.25, -0.2) is 0 Å². The lowest BCUT2D eigenvalue weighted by molar-refractivity contribution is -0.142. The van der Waals surface area contributed by atoms with Gasteiger partial charge in [0.25, 0.3) is 0 Å². The van der Waals surface area contributed by atoms with Gasteiger partial charge in [-0.15, -0.1) is 0 Å². The number of hydrogen-bond acceptors (Lipinski definition) is 6. The van der Waals surface area contributed by atoms with Crippen molar-refractivity contribution in [2.24, 2.45) is 11.8 Å². The molecule has 2 saturated heterocycles. The molecule has 2 atom stereocenters. The van der Waals surface area contributed by atoms with E-state index >= 15 is 0 Å². The third-order valence-corrected chi connectivity index (χ3v) is 7.40. The van der Waals surface area contributed by atoms with Gasteiger partial charge in [-0.1, -0.05) is 24.6 Å². The number of aliphatic carboxylic acids is 1. The van der Waals surface area contributed by atoms with Crippen molar-refractivity contribution in [3.05, 3.63) is 30.3 Å². The van der Waals surface area contributed by atoms with Crippen LogP contribution in [0.15, 0.2) is 30.3 Å². The third-order valence-electron chi connectivity index (χ3n) is 5.44. The Kier molecular flexibility index (Phi) is 6.61. The van der Waals surface area contributed by atoms with Gasteiger partial charge in [-0.05, 0) is 30.8 Å². The summed E-state index contributed by atoms with van der Waals surface area (Å²) in [5.74, 6) is -2.19. The van der Waals surface area contributed by atoms with E-state index in [0.29, 0.717) is 31.6 Å². The van der Waals surface area contributed by atoms with Crippen LogP contribution in [0.4, 0.5) is 5.69 Å². The molecule has 2 aliphatic heterocycles. The number of anilines is 1. The van der Waals surface area contributed by atoms with E-state index in [1.54, 1.807) is 24.3 Å². The molecule has 3 rings (SSSR count). The Bertz CT molecular complexity index is 774. The van der Waals surface area contributed by atoms with Crippen LogP contribution < -0.4 is 9.62 Å². The standard InChI is InChI=1S/C17H26BN3O6S/c22-17(23)16-12-20(11-13(16)5-4-8-18(24)25)28(26,27)21(15-9-19-10-15)14-6-2-1-3-7-14/h1-3,6-7,13,15-16,19,24-25H,4-5,8-12H2,(H,22,23). The number of nitrogens with one attached hydrogen (secondary N) is 1. The molecule has 0 amide bonds. The van der Waals surface area contributed by atoms with Crippen molar-refractivity contribution >= 4 is 29.0 Å². The monoisotopic (exact) mass is 411 g/mol. The largest absolute Gasteiger partial charge is 0.481 e. The highest BCUT2D eigenvalue weighted by Gasteiger charge is 2.46. The van der Waals surface area contributed by atoms with Crippen molar-refractivity contribution < 1.29 is 28.4 Å². The maximum Gasteiger partial charge on any atom is 0.451 e. The number of carboxylic acid groups (broad SMARTS) is 1. The van der Waals surface area contributed by atoms with Crippen molar-refractivity contribution in [1.29, 1.82) is 0 Å². The maximum atomic E-state index is 13.4. The smallest absolute Gasteiger partial charge is 0.451 e. The van der Waals surface area contributed by atoms with Crippen LogP contribution in [0.1, 0.15) is 12.8 Å². The zero-order chi connectivity index (χ0) is 20.3. The van der Waals surface area contributed by atoms with Crippen LogP contribution in [0, 0.1) is 11.8 Å². The third kappa shape index (κ3) is 4.49. The highest BCUT2D eigenvalue weighted by molar-refractivity contribution is 7.90. The van der Waals surface area contributed by atoms with Crippen LogP contribution in [0.2, 0.25) is 6.32 Å². The van der Waals surface area contributed by atoms with Crippen LogP contribution in [0.25, 0.3) is 0 Å². The number of rotatable bonds is 9. The molecule has 28 heavy (non-hydrogen) atoms. The highest BCUT2D eigenvalue weighted by atomic mass is 32.2. The molecular formula is C17H26BN3O6S. The molecule has 2 aliphatic rings. The van der Waals surface area contributed by atoms with Crippen LogP contribution in [-0.2, 0) is 15.0 Å². The summed E-state index contributed by atoms with van der Waals surface area (Å²) in [4.78, 5) is 11.7. The van der Waals surface area contributed by atoms with Gasteiger partial charge in [0.1, 0.15) is 0 Å². The lowest BCUT2D eigenvalue weighted by Crippen LogP contribution is -2.61. The van der Waals surface area contributed by atoms with Gasteiger partial charge in [0.15, 0.2) is 0 Å². The molecule has 2 fully saturated rings. The molecule has 1 aromatic rings. The van der Waals surface area contributed by atoms with Crippen LogP contribution in [-0.4, -0.2) is 73.2 Å². The fraction of sp³-hybridized carbons (Fsp3) is 0.588. The lowest BCUT2D eigenvalue weighted by Gasteiger charge is -2.40. The summed E-state index contributed by atoms with van der Waals surface area (Å²) in [5, 5.41) is 30.6. The molecule has 11 heteroatoms. The van der Waals surface area contributed by atoms with Gasteiger partial charge in [0, 0.05) is 26.2 Å². The highest BCUT2D eigenvalue weighted by Crippen LogP contribution is 2.33. The Morgan fingerprint density at radius 2 is 1.89 bits per heavy atom. The van der Waals surface area contributed by atoms with E-state index in [9.17, 15) is 18.3 Å². The molecule has 154 valence electrons. The normalized spacial score (nSPS) is 23.4. The van der Waals surface area contributed by atoms with E-state index < -0.39 is 29.2 Å². The van der Waals surface area contributed by atoms with E-state index in [4.69, 9.17) is 10.0 Å². The molecule has 0 aromatic heterocycles. The minimum atomic E-state index is -3.89. The number of para-hydroxylation sites is 1. The van der Waals surface area contributed by atoms with Crippen LogP contribution in [0.5, 0.6) is 0 Å². The van der Waals surface area contributed by atoms with Gasteiger partial charge in [0.05, 0.1) is 17.6 Å². The first kappa shape index (κ1) is 21.1. The summed E-state index contributed by atoms with van der Waals surface area (Å²) >= 11 is 0. The quantitative estimate of drug-likeness (QED) is 0.407. The average molecular weight is 411 g/mol. The van der Waals surface area contributed by atoms with Gasteiger partial charge >= 0.3 is 23.3 Å². The molecule has 0 bridgehead atoms. The fourth-order valence-corrected chi connectivity index (χ4v) is 5.72. The molecule has 4 N–H and O–H groups in total. The molecule has 0 spiro atoms. The van der Waals surface area contributed by atoms with E-state index in [1.165, 1.54) is 8.61 Å². The topological polar surface area (TPSA) is 130 Å². The number of hydrogen-bond donors (Lipinski definition) is 4. The van der Waals surface area contributed by atoms with Crippen molar-refractivity contribution in [2.45, 2.75) is 25.2 Å². The second kappa shape index (κ2) is 8.79. The van der Waals surface area contributed by atoms with Crippen LogP contribution >= 0.6 is 0 Å². The Morgan fingerprint density at radius 1 is 1.21 bits per heavy atom. The Labute approximate surface area is 165 Å². The number of benzene rings is 1. The molecular weight excluding hydrogens is 385 g/mol. The van der Waals surface area contributed by atoms with Crippen molar-refractivity contribution in [1.82, 2.24) is 9.62 Å². The minimum absolute atomic E-state index is 0.0759. The van der Waals surface area contributed by atoms with E-state index in [1.807, 2.05) is 6.07 Å². The van der Waals surface area contributed by atoms with Gasteiger partial charge in [-0.2, -0.15) is 12.7 Å². The number of nitrogens with zero attached hydrogens (tertiary/aromatic N) is 2. The first-order chi connectivity index (χ1) is 13.3. The van der Waals surface area contributed by atoms with Gasteiger partial charge in [-0.3, -0.25) is 9.10 Å². The molecule has 0 radical (unpaired) electrons. The summed E-state index contributed by atoms with van der Waals surface area (Å²) < 4.78 is 29.5. The Hall–Kier alpha value is -1.66. The molecule has 0 saturated carbocycles. The van der Waals surface area contributed by atoms with E-state index in [0.717, 1.165) is 0 Å². The van der Waals surface area contributed by atoms with Crippen molar-refractivity contribution in [2.75, 3.05) is 30.5 Å². The van der Waals surface area contributed by atoms with E-state index in [2.05, 4.69) is 5.32 Å². The summed E-state index contributed by atoms with van der Waals surface area (Å²) in [6.07, 6.45) is 0.991. The fourth-order valence-electron chi connectivity index (χ4n) is 3.83. The predicted molar refractivity (Wildman–Crippen MR) is 105 cm³/mol. The van der Waals surface area contributed by atoms with Crippen LogP contribution in [0.3, 0.4) is 0 Å². The summed E-state index contributed by atoms with van der Waals surface area (Å²) in [6, 6.07) is 8.63. The zero-order valence-electron chi connectivity index (χ0n) is 15.5. The average Bonchev–Trinajstić information content (AvgIpc) is 3.03. The summed E-state index contributed by atoms with van der Waals surface area (Å²) in [6.45, 7) is 1.13. The summed E-state index contributed by atoms with van der Waals surface area (Å²) in [7, 11) is -5.33. The second-order valence-electron chi connectivity index (χ2n) is 7.38. The molecule has 2 unspecified atom stereocenters. The first-order valence-electron chi connectivity index (χ1n) is 9.45. The number of carbonyl (C=O) groups is 1. The zero-order valence-corrected chi connectivity index (χ0v) is 16.3. The second-order valence-corrected chi connectivity index (χ2v) is 9.19. The Balaban J connectivity index is 1.80. The van der Waals surface area contributed by atoms with Crippen molar-refractivity contribution in [3.63, 3.8) is 0 Å². The molecule has 0 aliphatic carbocycles. The first-order valence-corrected chi connectivity index (χ1v) is 10.8. The molecule has 2 heterocycles.